The minimum absolute atomic E-state index is 0.0249. The van der Waals surface area contributed by atoms with Crippen LogP contribution in [0.3, 0.4) is 0 Å². The smallest absolute Gasteiger partial charge is 0.310 e. The fraction of sp³-hybridized carbons (Fsp3) is 0.588. The van der Waals surface area contributed by atoms with Gasteiger partial charge >= 0.3 is 5.97 Å². The maximum atomic E-state index is 12.3. The first-order valence-electron chi connectivity index (χ1n) is 7.54. The summed E-state index contributed by atoms with van der Waals surface area (Å²) in [6.45, 7) is 0. The van der Waals surface area contributed by atoms with Gasteiger partial charge in [-0.15, -0.1) is 0 Å². The van der Waals surface area contributed by atoms with Gasteiger partial charge in [-0.25, -0.2) is 0 Å². The van der Waals surface area contributed by atoms with Crippen LogP contribution in [0.4, 0.5) is 0 Å². The third-order valence-electron chi connectivity index (χ3n) is 5.21. The molecule has 1 aromatic rings. The Morgan fingerprint density at radius 2 is 2.05 bits per heavy atom. The maximum Gasteiger partial charge on any atom is 0.310 e. The van der Waals surface area contributed by atoms with Gasteiger partial charge in [0.1, 0.15) is 0 Å². The molecular weight excluding hydrogens is 250 g/mol. The van der Waals surface area contributed by atoms with Crippen molar-refractivity contribution in [1.29, 1.82) is 0 Å². The van der Waals surface area contributed by atoms with E-state index in [9.17, 15) is 4.79 Å². The SMILES string of the molecule is COC(=O)[C@@H]1[C@H](Cc2ccccc2)C[C@H]2CC[C@@H]1N2C. The van der Waals surface area contributed by atoms with Crippen LogP contribution in [0.2, 0.25) is 0 Å². The average molecular weight is 273 g/mol. The average Bonchev–Trinajstić information content (AvgIpc) is 2.72. The minimum Gasteiger partial charge on any atom is -0.469 e. The van der Waals surface area contributed by atoms with E-state index in [2.05, 4.69) is 36.2 Å². The Morgan fingerprint density at radius 1 is 1.30 bits per heavy atom. The Bertz CT molecular complexity index is 473. The summed E-state index contributed by atoms with van der Waals surface area (Å²) in [6, 6.07) is 11.5. The molecule has 0 spiro atoms. The number of hydrogen-bond acceptors (Lipinski definition) is 3. The molecule has 0 N–H and O–H groups in total. The van der Waals surface area contributed by atoms with Gasteiger partial charge in [-0.2, -0.15) is 0 Å². The summed E-state index contributed by atoms with van der Waals surface area (Å²) in [4.78, 5) is 14.7. The van der Waals surface area contributed by atoms with Crippen molar-refractivity contribution in [2.24, 2.45) is 11.8 Å². The van der Waals surface area contributed by atoms with Crippen molar-refractivity contribution in [1.82, 2.24) is 4.90 Å². The largest absolute Gasteiger partial charge is 0.469 e. The lowest BCUT2D eigenvalue weighted by Gasteiger charge is -2.41. The molecule has 0 saturated carbocycles. The van der Waals surface area contributed by atoms with Crippen LogP contribution in [0.1, 0.15) is 24.8 Å². The van der Waals surface area contributed by atoms with Crippen molar-refractivity contribution in [3.8, 4) is 0 Å². The summed E-state index contributed by atoms with van der Waals surface area (Å²) in [5.41, 5.74) is 1.33. The lowest BCUT2D eigenvalue weighted by molar-refractivity contribution is -0.152. The van der Waals surface area contributed by atoms with Crippen LogP contribution in [0, 0.1) is 11.8 Å². The summed E-state index contributed by atoms with van der Waals surface area (Å²) < 4.78 is 5.09. The molecule has 0 amide bonds. The van der Waals surface area contributed by atoms with E-state index >= 15 is 0 Å². The molecule has 3 nitrogen and oxygen atoms in total. The van der Waals surface area contributed by atoms with E-state index in [-0.39, 0.29) is 11.9 Å². The molecule has 3 rings (SSSR count). The number of esters is 1. The number of ether oxygens (including phenoxy) is 1. The second kappa shape index (κ2) is 5.57. The lowest BCUT2D eigenvalue weighted by atomic mass is 9.77. The number of fused-ring (bicyclic) bond motifs is 2. The van der Waals surface area contributed by atoms with Gasteiger partial charge in [0.25, 0.3) is 0 Å². The van der Waals surface area contributed by atoms with Crippen LogP contribution in [0.25, 0.3) is 0 Å². The summed E-state index contributed by atoms with van der Waals surface area (Å²) >= 11 is 0. The molecule has 0 aliphatic carbocycles. The van der Waals surface area contributed by atoms with Crippen molar-refractivity contribution < 1.29 is 9.53 Å². The van der Waals surface area contributed by atoms with Crippen LogP contribution >= 0.6 is 0 Å². The molecule has 3 heteroatoms. The van der Waals surface area contributed by atoms with Crippen molar-refractivity contribution in [3.63, 3.8) is 0 Å². The van der Waals surface area contributed by atoms with E-state index in [1.54, 1.807) is 0 Å². The van der Waals surface area contributed by atoms with Gasteiger partial charge in [0.05, 0.1) is 13.0 Å². The molecule has 2 saturated heterocycles. The quantitative estimate of drug-likeness (QED) is 0.793. The van der Waals surface area contributed by atoms with Gasteiger partial charge in [0.2, 0.25) is 0 Å². The number of piperidine rings is 1. The minimum atomic E-state index is -0.0249. The Kier molecular flexibility index (Phi) is 3.79. The first-order chi connectivity index (χ1) is 9.70. The maximum absolute atomic E-state index is 12.3. The van der Waals surface area contributed by atoms with E-state index in [0.717, 1.165) is 19.3 Å². The molecule has 4 atom stereocenters. The molecule has 2 bridgehead atoms. The third kappa shape index (κ3) is 2.35. The van der Waals surface area contributed by atoms with Gasteiger partial charge in [0, 0.05) is 12.1 Å². The zero-order valence-corrected chi connectivity index (χ0v) is 12.3. The lowest BCUT2D eigenvalue weighted by Crippen LogP contribution is -2.50. The summed E-state index contributed by atoms with van der Waals surface area (Å²) in [5, 5.41) is 0. The Morgan fingerprint density at radius 3 is 2.75 bits per heavy atom. The summed E-state index contributed by atoms with van der Waals surface area (Å²) in [7, 11) is 3.68. The van der Waals surface area contributed by atoms with E-state index in [1.807, 2.05) is 6.07 Å². The summed E-state index contributed by atoms with van der Waals surface area (Å²) in [5.74, 6) is 0.422. The normalized spacial score (nSPS) is 33.1. The topological polar surface area (TPSA) is 29.5 Å². The highest BCUT2D eigenvalue weighted by molar-refractivity contribution is 5.74. The van der Waals surface area contributed by atoms with Crippen molar-refractivity contribution in [2.45, 2.75) is 37.8 Å². The number of carbonyl (C=O) groups excluding carboxylic acids is 1. The van der Waals surface area contributed by atoms with Crippen molar-refractivity contribution in [2.75, 3.05) is 14.2 Å². The monoisotopic (exact) mass is 273 g/mol. The van der Waals surface area contributed by atoms with Gasteiger partial charge in [-0.05, 0) is 44.2 Å². The molecule has 2 fully saturated rings. The molecule has 2 aliphatic heterocycles. The molecule has 0 radical (unpaired) electrons. The van der Waals surface area contributed by atoms with Gasteiger partial charge in [-0.3, -0.25) is 9.69 Å². The highest BCUT2D eigenvalue weighted by atomic mass is 16.5. The van der Waals surface area contributed by atoms with Crippen LogP contribution in [-0.4, -0.2) is 37.1 Å². The Labute approximate surface area is 120 Å². The fourth-order valence-corrected chi connectivity index (χ4v) is 4.18. The number of hydrogen-bond donors (Lipinski definition) is 0. The van der Waals surface area contributed by atoms with Gasteiger partial charge in [-0.1, -0.05) is 30.3 Å². The second-order valence-corrected chi connectivity index (χ2v) is 6.20. The fourth-order valence-electron chi connectivity index (χ4n) is 4.18. The predicted octanol–water partition coefficient (Wildman–Crippen LogP) is 2.50. The number of carbonyl (C=O) groups is 1. The molecule has 2 heterocycles. The van der Waals surface area contributed by atoms with Crippen molar-refractivity contribution >= 4 is 5.97 Å². The molecule has 2 aliphatic rings. The van der Waals surface area contributed by atoms with Crippen LogP contribution in [0.15, 0.2) is 30.3 Å². The molecular formula is C17H23NO2. The van der Waals surface area contributed by atoms with Crippen molar-refractivity contribution in [3.05, 3.63) is 35.9 Å². The molecule has 20 heavy (non-hydrogen) atoms. The van der Waals surface area contributed by atoms with E-state index in [1.165, 1.54) is 19.1 Å². The number of benzene rings is 1. The zero-order chi connectivity index (χ0) is 14.1. The molecule has 0 unspecified atom stereocenters. The first-order valence-corrected chi connectivity index (χ1v) is 7.54. The van der Waals surface area contributed by atoms with Crippen LogP contribution in [0.5, 0.6) is 0 Å². The van der Waals surface area contributed by atoms with Crippen LogP contribution in [-0.2, 0) is 16.0 Å². The Hall–Kier alpha value is -1.35. The highest BCUT2D eigenvalue weighted by Crippen LogP contribution is 2.43. The third-order valence-corrected chi connectivity index (χ3v) is 5.21. The van der Waals surface area contributed by atoms with E-state index in [0.29, 0.717) is 18.0 Å². The van der Waals surface area contributed by atoms with E-state index in [4.69, 9.17) is 4.74 Å². The Balaban J connectivity index is 1.82. The number of rotatable bonds is 3. The standard InChI is InChI=1S/C17H23NO2/c1-18-14-8-9-15(18)16(17(19)20-2)13(11-14)10-12-6-4-3-5-7-12/h3-7,13-16H,8-11H2,1-2H3/t13-,14-,15+,16-/m1/s1. The molecule has 0 aromatic heterocycles. The summed E-state index contributed by atoms with van der Waals surface area (Å²) in [6.07, 6.45) is 4.45. The van der Waals surface area contributed by atoms with Crippen LogP contribution < -0.4 is 0 Å². The number of methoxy groups -OCH3 is 1. The van der Waals surface area contributed by atoms with Gasteiger partial charge < -0.3 is 4.74 Å². The van der Waals surface area contributed by atoms with E-state index < -0.39 is 0 Å². The molecule has 1 aromatic carbocycles. The molecule has 108 valence electrons. The first kappa shape index (κ1) is 13.6. The number of nitrogens with zero attached hydrogens (tertiary/aromatic N) is 1. The highest BCUT2D eigenvalue weighted by Gasteiger charge is 2.48. The van der Waals surface area contributed by atoms with Gasteiger partial charge in [0.15, 0.2) is 0 Å². The predicted molar refractivity (Wildman–Crippen MR) is 78.3 cm³/mol. The second-order valence-electron chi connectivity index (χ2n) is 6.20. The zero-order valence-electron chi connectivity index (χ0n) is 12.3.